The summed E-state index contributed by atoms with van der Waals surface area (Å²) in [6.45, 7) is 3.70. The smallest absolute Gasteiger partial charge is 0.388 e. The van der Waals surface area contributed by atoms with E-state index in [2.05, 4.69) is 0 Å². The first kappa shape index (κ1) is 13.4. The highest BCUT2D eigenvalue weighted by Gasteiger charge is 2.29. The van der Waals surface area contributed by atoms with Crippen LogP contribution in [0.3, 0.4) is 0 Å². The van der Waals surface area contributed by atoms with Crippen molar-refractivity contribution in [3.05, 3.63) is 29.8 Å². The van der Waals surface area contributed by atoms with Crippen LogP contribution in [0.25, 0.3) is 0 Å². The van der Waals surface area contributed by atoms with Crippen molar-refractivity contribution in [3.8, 4) is 0 Å². The monoisotopic (exact) mass is 250 g/mol. The summed E-state index contributed by atoms with van der Waals surface area (Å²) in [4.78, 5) is 0.132. The van der Waals surface area contributed by atoms with Crippen molar-refractivity contribution >= 4 is 11.8 Å². The van der Waals surface area contributed by atoms with Crippen molar-refractivity contribution in [2.75, 3.05) is 0 Å². The van der Waals surface area contributed by atoms with Gasteiger partial charge in [0.25, 0.3) is 0 Å². The lowest BCUT2D eigenvalue weighted by Gasteiger charge is -2.15. The maximum Gasteiger partial charge on any atom is 0.446 e. The highest BCUT2D eigenvalue weighted by Crippen LogP contribution is 2.37. The molecular formula is C11H13F3OS. The van der Waals surface area contributed by atoms with E-state index in [1.165, 1.54) is 24.3 Å². The molecule has 0 amide bonds. The van der Waals surface area contributed by atoms with Crippen LogP contribution in [0.4, 0.5) is 13.2 Å². The molecule has 1 rings (SSSR count). The van der Waals surface area contributed by atoms with E-state index in [9.17, 15) is 18.3 Å². The second kappa shape index (κ2) is 5.10. The molecule has 0 radical (unpaired) electrons. The molecule has 16 heavy (non-hydrogen) atoms. The number of hydrogen-bond acceptors (Lipinski definition) is 2. The van der Waals surface area contributed by atoms with Crippen LogP contribution in [0.2, 0.25) is 0 Å². The summed E-state index contributed by atoms with van der Waals surface area (Å²) < 4.78 is 36.1. The Bertz CT molecular complexity index is 332. The van der Waals surface area contributed by atoms with Gasteiger partial charge in [-0.1, -0.05) is 26.0 Å². The highest BCUT2D eigenvalue weighted by molar-refractivity contribution is 8.00. The third-order valence-corrected chi connectivity index (χ3v) is 2.83. The zero-order chi connectivity index (χ0) is 12.3. The van der Waals surface area contributed by atoms with Crippen LogP contribution in [-0.2, 0) is 0 Å². The molecule has 1 nitrogen and oxygen atoms in total. The topological polar surface area (TPSA) is 20.2 Å². The molecule has 1 aromatic carbocycles. The zero-order valence-electron chi connectivity index (χ0n) is 8.95. The molecule has 1 aromatic rings. The fraction of sp³-hybridized carbons (Fsp3) is 0.455. The summed E-state index contributed by atoms with van der Waals surface area (Å²) in [5.41, 5.74) is -3.63. The molecule has 0 aliphatic rings. The van der Waals surface area contributed by atoms with E-state index in [1.54, 1.807) is 0 Å². The van der Waals surface area contributed by atoms with Gasteiger partial charge in [0.15, 0.2) is 0 Å². The number of aliphatic hydroxyl groups excluding tert-OH is 1. The molecule has 0 aliphatic carbocycles. The first-order valence-corrected chi connectivity index (χ1v) is 5.65. The lowest BCUT2D eigenvalue weighted by Crippen LogP contribution is -2.05. The van der Waals surface area contributed by atoms with E-state index >= 15 is 0 Å². The number of halogens is 3. The molecule has 0 spiro atoms. The average Bonchev–Trinajstić information content (AvgIpc) is 2.15. The summed E-state index contributed by atoms with van der Waals surface area (Å²) in [5.74, 6) is 0.0427. The Labute approximate surface area is 96.7 Å². The molecule has 0 fully saturated rings. The van der Waals surface area contributed by atoms with Gasteiger partial charge in [0.2, 0.25) is 0 Å². The molecule has 1 unspecified atom stereocenters. The van der Waals surface area contributed by atoms with E-state index in [0.29, 0.717) is 5.56 Å². The Morgan fingerprint density at radius 3 is 2.00 bits per heavy atom. The lowest BCUT2D eigenvalue weighted by atomic mass is 9.99. The highest BCUT2D eigenvalue weighted by atomic mass is 32.2. The van der Waals surface area contributed by atoms with Gasteiger partial charge < -0.3 is 5.11 Å². The summed E-state index contributed by atoms with van der Waals surface area (Å²) >= 11 is -0.152. The predicted molar refractivity (Wildman–Crippen MR) is 58.2 cm³/mol. The molecule has 5 heteroatoms. The summed E-state index contributed by atoms with van der Waals surface area (Å²) in [6, 6.07) is 5.80. The second-order valence-corrected chi connectivity index (χ2v) is 4.94. The van der Waals surface area contributed by atoms with Crippen molar-refractivity contribution < 1.29 is 18.3 Å². The Kier molecular flexibility index (Phi) is 4.27. The third kappa shape index (κ3) is 4.06. The first-order valence-electron chi connectivity index (χ1n) is 4.83. The zero-order valence-corrected chi connectivity index (χ0v) is 9.77. The number of hydrogen-bond donors (Lipinski definition) is 1. The van der Waals surface area contributed by atoms with E-state index in [-0.39, 0.29) is 22.6 Å². The summed E-state index contributed by atoms with van der Waals surface area (Å²) in [5, 5.41) is 9.69. The SMILES string of the molecule is CC(C)C(O)c1ccc(SC(F)(F)F)cc1. The maximum atomic E-state index is 12.0. The predicted octanol–water partition coefficient (Wildman–Crippen LogP) is 3.99. The number of benzene rings is 1. The van der Waals surface area contributed by atoms with Crippen LogP contribution < -0.4 is 0 Å². The van der Waals surface area contributed by atoms with Gasteiger partial charge in [0, 0.05) is 4.90 Å². The van der Waals surface area contributed by atoms with Crippen molar-refractivity contribution in [2.45, 2.75) is 30.4 Å². The maximum absolute atomic E-state index is 12.0. The Morgan fingerprint density at radius 1 is 1.12 bits per heavy atom. The standard InChI is InChI=1S/C11H13F3OS/c1-7(2)10(15)8-3-5-9(6-4-8)16-11(12,13)14/h3-7,10,15H,1-2H3. The third-order valence-electron chi connectivity index (χ3n) is 2.09. The molecule has 0 bridgehead atoms. The van der Waals surface area contributed by atoms with E-state index in [0.717, 1.165) is 0 Å². The van der Waals surface area contributed by atoms with Gasteiger partial charge >= 0.3 is 5.51 Å². The fourth-order valence-corrected chi connectivity index (χ4v) is 1.79. The van der Waals surface area contributed by atoms with Crippen molar-refractivity contribution in [1.82, 2.24) is 0 Å². The molecule has 90 valence electrons. The van der Waals surface area contributed by atoms with Crippen LogP contribution in [0, 0.1) is 5.92 Å². The van der Waals surface area contributed by atoms with E-state index < -0.39 is 11.6 Å². The minimum absolute atomic E-state index is 0.0427. The number of rotatable bonds is 3. The minimum Gasteiger partial charge on any atom is -0.388 e. The average molecular weight is 250 g/mol. The second-order valence-electron chi connectivity index (χ2n) is 3.81. The van der Waals surface area contributed by atoms with E-state index in [4.69, 9.17) is 0 Å². The number of aliphatic hydroxyl groups is 1. The van der Waals surface area contributed by atoms with Gasteiger partial charge in [-0.25, -0.2) is 0 Å². The first-order chi connectivity index (χ1) is 7.29. The molecule has 0 heterocycles. The van der Waals surface area contributed by atoms with Gasteiger partial charge in [0.1, 0.15) is 0 Å². The van der Waals surface area contributed by atoms with Crippen molar-refractivity contribution in [1.29, 1.82) is 0 Å². The summed E-state index contributed by atoms with van der Waals surface area (Å²) in [7, 11) is 0. The molecular weight excluding hydrogens is 237 g/mol. The largest absolute Gasteiger partial charge is 0.446 e. The normalized spacial score (nSPS) is 14.2. The molecule has 0 saturated carbocycles. The van der Waals surface area contributed by atoms with Crippen LogP contribution in [-0.4, -0.2) is 10.6 Å². The number of thioether (sulfide) groups is 1. The molecule has 0 saturated heterocycles. The van der Waals surface area contributed by atoms with Gasteiger partial charge in [0.05, 0.1) is 6.10 Å². The van der Waals surface area contributed by atoms with Gasteiger partial charge in [-0.15, -0.1) is 0 Å². The Morgan fingerprint density at radius 2 is 1.62 bits per heavy atom. The Balaban J connectivity index is 2.76. The van der Waals surface area contributed by atoms with Gasteiger partial charge in [-0.2, -0.15) is 13.2 Å². The van der Waals surface area contributed by atoms with Crippen molar-refractivity contribution in [3.63, 3.8) is 0 Å². The van der Waals surface area contributed by atoms with Gasteiger partial charge in [-0.05, 0) is 35.4 Å². The van der Waals surface area contributed by atoms with E-state index in [1.807, 2.05) is 13.8 Å². The lowest BCUT2D eigenvalue weighted by molar-refractivity contribution is -0.0328. The summed E-state index contributed by atoms with van der Waals surface area (Å²) in [6.07, 6.45) is -0.634. The molecule has 1 N–H and O–H groups in total. The molecule has 0 aliphatic heterocycles. The quantitative estimate of drug-likeness (QED) is 0.818. The molecule has 1 atom stereocenters. The minimum atomic E-state index is -4.27. The fourth-order valence-electron chi connectivity index (χ4n) is 1.25. The van der Waals surface area contributed by atoms with Crippen LogP contribution in [0.5, 0.6) is 0 Å². The number of alkyl halides is 3. The van der Waals surface area contributed by atoms with Crippen LogP contribution in [0.15, 0.2) is 29.2 Å². The van der Waals surface area contributed by atoms with Gasteiger partial charge in [-0.3, -0.25) is 0 Å². The Hall–Kier alpha value is -0.680. The van der Waals surface area contributed by atoms with Crippen molar-refractivity contribution in [2.24, 2.45) is 5.92 Å². The molecule has 0 aromatic heterocycles. The van der Waals surface area contributed by atoms with Crippen LogP contribution in [0.1, 0.15) is 25.5 Å². The van der Waals surface area contributed by atoms with Crippen LogP contribution >= 0.6 is 11.8 Å².